The van der Waals surface area contributed by atoms with E-state index in [2.05, 4.69) is 42.0 Å². The number of aromatic amines is 1. The maximum atomic E-state index is 5.47. The maximum Gasteiger partial charge on any atom is 0.184 e. The molecule has 1 N–H and O–H groups in total. The molecule has 19 heavy (non-hydrogen) atoms. The fraction of sp³-hybridized carbons (Fsp3) is 0.200. The van der Waals surface area contributed by atoms with Crippen molar-refractivity contribution < 1.29 is 0 Å². The highest BCUT2D eigenvalue weighted by molar-refractivity contribution is 7.71. The van der Waals surface area contributed by atoms with Crippen LogP contribution >= 0.6 is 12.2 Å². The molecule has 0 aliphatic heterocycles. The molecule has 0 aliphatic carbocycles. The Morgan fingerprint density at radius 1 is 1.26 bits per heavy atom. The predicted octanol–water partition coefficient (Wildman–Crippen LogP) is 3.95. The summed E-state index contributed by atoms with van der Waals surface area (Å²) in [4.78, 5) is 7.74. The van der Waals surface area contributed by atoms with Crippen LogP contribution in [0.1, 0.15) is 18.1 Å². The Morgan fingerprint density at radius 2 is 2.05 bits per heavy atom. The average Bonchev–Trinajstić information content (AvgIpc) is 2.76. The topological polar surface area (TPSA) is 33.6 Å². The lowest BCUT2D eigenvalue weighted by molar-refractivity contribution is 0.997. The van der Waals surface area contributed by atoms with Crippen LogP contribution in [0.3, 0.4) is 0 Å². The monoisotopic (exact) mass is 269 g/mol. The van der Waals surface area contributed by atoms with Crippen molar-refractivity contribution >= 4 is 23.4 Å². The van der Waals surface area contributed by atoms with Crippen molar-refractivity contribution in [1.82, 2.24) is 14.5 Å². The summed E-state index contributed by atoms with van der Waals surface area (Å²) < 4.78 is 2.72. The van der Waals surface area contributed by atoms with Gasteiger partial charge in [-0.25, -0.2) is 4.98 Å². The van der Waals surface area contributed by atoms with Crippen LogP contribution in [0.2, 0.25) is 0 Å². The van der Waals surface area contributed by atoms with E-state index in [-0.39, 0.29) is 0 Å². The number of pyridine rings is 1. The van der Waals surface area contributed by atoms with E-state index in [1.165, 1.54) is 5.56 Å². The first-order valence-corrected chi connectivity index (χ1v) is 6.78. The summed E-state index contributed by atoms with van der Waals surface area (Å²) in [6, 6.07) is 10.3. The lowest BCUT2D eigenvalue weighted by atomic mass is 10.1. The van der Waals surface area contributed by atoms with E-state index in [1.54, 1.807) is 0 Å². The largest absolute Gasteiger partial charge is 0.329 e. The Morgan fingerprint density at radius 3 is 2.84 bits per heavy atom. The lowest BCUT2D eigenvalue weighted by Gasteiger charge is -2.09. The van der Waals surface area contributed by atoms with Crippen molar-refractivity contribution in [2.24, 2.45) is 0 Å². The zero-order valence-corrected chi connectivity index (χ0v) is 11.8. The molecule has 3 aromatic rings. The molecule has 0 aliphatic rings. The maximum absolute atomic E-state index is 5.47. The number of fused-ring (bicyclic) bond motifs is 1. The first-order valence-electron chi connectivity index (χ1n) is 6.37. The van der Waals surface area contributed by atoms with E-state index in [1.807, 2.05) is 22.9 Å². The number of nitrogens with zero attached hydrogens (tertiary/aromatic N) is 2. The van der Waals surface area contributed by atoms with Gasteiger partial charge < -0.3 is 4.98 Å². The van der Waals surface area contributed by atoms with Crippen LogP contribution in [0.5, 0.6) is 0 Å². The van der Waals surface area contributed by atoms with Crippen molar-refractivity contribution in [2.75, 3.05) is 0 Å². The average molecular weight is 269 g/mol. The Bertz CT molecular complexity index is 799. The SMILES string of the molecule is CCc1ccccc1-n1c(=S)[nH]c2c(C)ccnc21. The summed E-state index contributed by atoms with van der Waals surface area (Å²) >= 11 is 5.47. The van der Waals surface area contributed by atoms with Gasteiger partial charge in [0.1, 0.15) is 0 Å². The Hall–Kier alpha value is -1.94. The molecule has 96 valence electrons. The van der Waals surface area contributed by atoms with Crippen LogP contribution in [-0.4, -0.2) is 14.5 Å². The molecule has 2 heterocycles. The molecule has 2 aromatic heterocycles. The third kappa shape index (κ3) is 1.88. The number of imidazole rings is 1. The van der Waals surface area contributed by atoms with Crippen molar-refractivity contribution in [1.29, 1.82) is 0 Å². The standard InChI is InChI=1S/C15H15N3S/c1-3-11-6-4-5-7-12(11)18-14-13(17-15(18)19)10(2)8-9-16-14/h4-9H,3H2,1-2H3,(H,17,19). The van der Waals surface area contributed by atoms with E-state index in [9.17, 15) is 0 Å². The van der Waals surface area contributed by atoms with Crippen LogP contribution < -0.4 is 0 Å². The summed E-state index contributed by atoms with van der Waals surface area (Å²) in [5.74, 6) is 0. The number of H-pyrrole nitrogens is 1. The van der Waals surface area contributed by atoms with Gasteiger partial charge in [-0.05, 0) is 48.8 Å². The second kappa shape index (κ2) is 4.63. The minimum atomic E-state index is 0.692. The fourth-order valence-corrected chi connectivity index (χ4v) is 2.67. The van der Waals surface area contributed by atoms with E-state index in [0.717, 1.165) is 28.8 Å². The number of nitrogens with one attached hydrogen (secondary N) is 1. The van der Waals surface area contributed by atoms with Gasteiger partial charge in [-0.15, -0.1) is 0 Å². The zero-order chi connectivity index (χ0) is 13.4. The molecule has 0 unspecified atom stereocenters. The number of aryl methyl sites for hydroxylation is 2. The number of rotatable bonds is 2. The molecule has 3 nitrogen and oxygen atoms in total. The Balaban J connectivity index is 2.40. The van der Waals surface area contributed by atoms with Crippen LogP contribution in [0, 0.1) is 11.7 Å². The van der Waals surface area contributed by atoms with Crippen molar-refractivity contribution in [3.63, 3.8) is 0 Å². The van der Waals surface area contributed by atoms with Crippen molar-refractivity contribution in [3.05, 3.63) is 52.4 Å². The summed E-state index contributed by atoms with van der Waals surface area (Å²) in [5.41, 5.74) is 5.44. The molecular weight excluding hydrogens is 254 g/mol. The van der Waals surface area contributed by atoms with Gasteiger partial charge in [-0.2, -0.15) is 0 Å². The molecule has 3 rings (SSSR count). The highest BCUT2D eigenvalue weighted by atomic mass is 32.1. The van der Waals surface area contributed by atoms with Gasteiger partial charge in [-0.3, -0.25) is 4.57 Å². The minimum Gasteiger partial charge on any atom is -0.329 e. The molecule has 0 saturated carbocycles. The quantitative estimate of drug-likeness (QED) is 0.715. The molecule has 1 aromatic carbocycles. The number of para-hydroxylation sites is 1. The van der Waals surface area contributed by atoms with E-state index >= 15 is 0 Å². The van der Waals surface area contributed by atoms with Gasteiger partial charge in [0.25, 0.3) is 0 Å². The van der Waals surface area contributed by atoms with Gasteiger partial charge in [0.15, 0.2) is 10.4 Å². The van der Waals surface area contributed by atoms with Gasteiger partial charge in [-0.1, -0.05) is 25.1 Å². The first-order chi connectivity index (χ1) is 9.22. The molecule has 0 fully saturated rings. The summed E-state index contributed by atoms with van der Waals surface area (Å²) in [6.07, 6.45) is 2.79. The van der Waals surface area contributed by atoms with Crippen LogP contribution in [-0.2, 0) is 6.42 Å². The highest BCUT2D eigenvalue weighted by Crippen LogP contribution is 2.22. The van der Waals surface area contributed by atoms with E-state index in [4.69, 9.17) is 12.2 Å². The number of hydrogen-bond donors (Lipinski definition) is 1. The predicted molar refractivity (Wildman–Crippen MR) is 80.4 cm³/mol. The number of aromatic nitrogens is 3. The molecule has 0 bridgehead atoms. The van der Waals surface area contributed by atoms with Gasteiger partial charge in [0.2, 0.25) is 0 Å². The molecule has 0 spiro atoms. The Kier molecular flexibility index (Phi) is 2.95. The Labute approximate surface area is 116 Å². The highest BCUT2D eigenvalue weighted by Gasteiger charge is 2.11. The normalized spacial score (nSPS) is 11.1. The fourth-order valence-electron chi connectivity index (χ4n) is 2.38. The smallest absolute Gasteiger partial charge is 0.184 e. The minimum absolute atomic E-state index is 0.692. The van der Waals surface area contributed by atoms with Crippen molar-refractivity contribution in [2.45, 2.75) is 20.3 Å². The lowest BCUT2D eigenvalue weighted by Crippen LogP contribution is -2.00. The molecular formula is C15H15N3S. The summed E-state index contributed by atoms with van der Waals surface area (Å²) in [5, 5.41) is 0. The zero-order valence-electron chi connectivity index (χ0n) is 11.0. The molecule has 4 heteroatoms. The van der Waals surface area contributed by atoms with Gasteiger partial charge in [0, 0.05) is 6.20 Å². The van der Waals surface area contributed by atoms with Gasteiger partial charge in [0.05, 0.1) is 11.2 Å². The van der Waals surface area contributed by atoms with Gasteiger partial charge >= 0.3 is 0 Å². The number of hydrogen-bond acceptors (Lipinski definition) is 2. The summed E-state index contributed by atoms with van der Waals surface area (Å²) in [7, 11) is 0. The van der Waals surface area contributed by atoms with E-state index < -0.39 is 0 Å². The second-order valence-electron chi connectivity index (χ2n) is 4.57. The third-order valence-electron chi connectivity index (χ3n) is 3.40. The first kappa shape index (κ1) is 12.1. The molecule has 0 atom stereocenters. The molecule has 0 radical (unpaired) electrons. The second-order valence-corrected chi connectivity index (χ2v) is 4.96. The molecule has 0 saturated heterocycles. The number of benzene rings is 1. The van der Waals surface area contributed by atoms with Crippen LogP contribution in [0.25, 0.3) is 16.9 Å². The summed E-state index contributed by atoms with van der Waals surface area (Å²) in [6.45, 7) is 4.21. The molecule has 0 amide bonds. The third-order valence-corrected chi connectivity index (χ3v) is 3.68. The van der Waals surface area contributed by atoms with Crippen LogP contribution in [0.4, 0.5) is 0 Å². The van der Waals surface area contributed by atoms with Crippen LogP contribution in [0.15, 0.2) is 36.5 Å². The van der Waals surface area contributed by atoms with Crippen molar-refractivity contribution in [3.8, 4) is 5.69 Å². The van der Waals surface area contributed by atoms with E-state index in [0.29, 0.717) is 4.77 Å².